The first-order valence-corrected chi connectivity index (χ1v) is 6.75. The van der Waals surface area contributed by atoms with Crippen LogP contribution < -0.4 is 0 Å². The van der Waals surface area contributed by atoms with E-state index in [1.165, 1.54) is 6.26 Å². The second-order valence-corrected chi connectivity index (χ2v) is 5.84. The van der Waals surface area contributed by atoms with E-state index in [1.54, 1.807) is 19.3 Å². The van der Waals surface area contributed by atoms with Crippen LogP contribution in [-0.4, -0.2) is 28.4 Å². The van der Waals surface area contributed by atoms with Gasteiger partial charge < -0.3 is 19.4 Å². The molecule has 5 heteroatoms. The average Bonchev–Trinajstić information content (AvgIpc) is 2.93. The van der Waals surface area contributed by atoms with Crippen molar-refractivity contribution in [2.45, 2.75) is 45.0 Å². The number of carbonyl (C=O) groups is 1. The first-order chi connectivity index (χ1) is 9.45. The highest BCUT2D eigenvalue weighted by atomic mass is 16.6. The fraction of sp³-hybridized carbons (Fsp3) is 0.533. The highest BCUT2D eigenvalue weighted by molar-refractivity contribution is 5.81. The molecule has 0 saturated carbocycles. The number of ether oxygens (including phenoxy) is 1. The minimum Gasteiger partial charge on any atom is -0.472 e. The minimum absolute atomic E-state index is 0.491. The van der Waals surface area contributed by atoms with Crippen LogP contribution in [0.4, 0.5) is 0 Å². The molecule has 108 valence electrons. The summed E-state index contributed by atoms with van der Waals surface area (Å²) in [6.45, 7) is 3.73. The number of carbonyl (C=O) groups excluding carboxylic acids is 1. The van der Waals surface area contributed by atoms with Crippen molar-refractivity contribution in [3.8, 4) is 0 Å². The van der Waals surface area contributed by atoms with Gasteiger partial charge in [-0.25, -0.2) is 4.79 Å². The van der Waals surface area contributed by atoms with Gasteiger partial charge in [-0.05, 0) is 37.0 Å². The predicted octanol–water partition coefficient (Wildman–Crippen LogP) is 1.72. The van der Waals surface area contributed by atoms with Crippen molar-refractivity contribution < 1.29 is 24.2 Å². The van der Waals surface area contributed by atoms with E-state index < -0.39 is 29.7 Å². The molecule has 1 aliphatic carbocycles. The number of fused-ring (bicyclic) bond motifs is 1. The van der Waals surface area contributed by atoms with Crippen molar-refractivity contribution >= 4 is 5.97 Å². The van der Waals surface area contributed by atoms with E-state index in [2.05, 4.69) is 0 Å². The van der Waals surface area contributed by atoms with Crippen LogP contribution in [0, 0.1) is 5.41 Å². The molecule has 3 rings (SSSR count). The fourth-order valence-corrected chi connectivity index (χ4v) is 3.51. The van der Waals surface area contributed by atoms with E-state index in [1.807, 2.05) is 6.92 Å². The maximum absolute atomic E-state index is 11.9. The molecule has 1 aliphatic heterocycles. The highest BCUT2D eigenvalue weighted by Gasteiger charge is 2.53. The zero-order chi connectivity index (χ0) is 14.5. The van der Waals surface area contributed by atoms with Gasteiger partial charge in [-0.15, -0.1) is 0 Å². The van der Waals surface area contributed by atoms with Gasteiger partial charge in [0, 0.05) is 11.0 Å². The number of furan rings is 1. The SMILES string of the molecule is CC1=C2[C@@H](O)C(=O)O[C@H](c3ccoc3)[C@@]2(C)CC[C@H]1O. The summed E-state index contributed by atoms with van der Waals surface area (Å²) in [5.41, 5.74) is 1.53. The lowest BCUT2D eigenvalue weighted by atomic mass is 9.63. The number of aliphatic hydroxyl groups excluding tert-OH is 2. The van der Waals surface area contributed by atoms with Crippen LogP contribution in [0.25, 0.3) is 0 Å². The summed E-state index contributed by atoms with van der Waals surface area (Å²) < 4.78 is 10.5. The van der Waals surface area contributed by atoms with Crippen LogP contribution >= 0.6 is 0 Å². The quantitative estimate of drug-likeness (QED) is 0.604. The van der Waals surface area contributed by atoms with Crippen molar-refractivity contribution in [2.75, 3.05) is 0 Å². The molecule has 0 aromatic carbocycles. The minimum atomic E-state index is -1.29. The van der Waals surface area contributed by atoms with Gasteiger partial charge in [0.05, 0.1) is 18.6 Å². The van der Waals surface area contributed by atoms with E-state index in [0.717, 1.165) is 5.56 Å². The number of esters is 1. The summed E-state index contributed by atoms with van der Waals surface area (Å²) in [7, 11) is 0. The molecular formula is C15H18O5. The van der Waals surface area contributed by atoms with Gasteiger partial charge in [-0.2, -0.15) is 0 Å². The number of hydrogen-bond acceptors (Lipinski definition) is 5. The van der Waals surface area contributed by atoms with Crippen molar-refractivity contribution in [1.29, 1.82) is 0 Å². The third-order valence-electron chi connectivity index (χ3n) is 4.63. The third-order valence-corrected chi connectivity index (χ3v) is 4.63. The van der Waals surface area contributed by atoms with Crippen molar-refractivity contribution in [2.24, 2.45) is 5.41 Å². The topological polar surface area (TPSA) is 79.9 Å². The van der Waals surface area contributed by atoms with Crippen LogP contribution in [0.2, 0.25) is 0 Å². The normalized spacial score (nSPS) is 37.6. The smallest absolute Gasteiger partial charge is 0.339 e. The standard InChI is InChI=1S/C15H18O5/c1-8-10(16)3-5-15(2)11(8)12(17)14(18)20-13(15)9-4-6-19-7-9/h4,6-7,10,12-13,16-17H,3,5H2,1-2H3/t10-,12-,13-,15+/m1/s1. The van der Waals surface area contributed by atoms with Gasteiger partial charge in [0.25, 0.3) is 0 Å². The summed E-state index contributed by atoms with van der Waals surface area (Å²) in [5.74, 6) is -0.669. The van der Waals surface area contributed by atoms with E-state index >= 15 is 0 Å². The summed E-state index contributed by atoms with van der Waals surface area (Å²) in [5, 5.41) is 20.2. The predicted molar refractivity (Wildman–Crippen MR) is 69.6 cm³/mol. The Labute approximate surface area is 116 Å². The van der Waals surface area contributed by atoms with E-state index in [-0.39, 0.29) is 0 Å². The molecule has 2 heterocycles. The number of aliphatic hydroxyl groups is 2. The Morgan fingerprint density at radius 2 is 2.15 bits per heavy atom. The molecule has 0 amide bonds. The molecule has 4 atom stereocenters. The van der Waals surface area contributed by atoms with Gasteiger partial charge in [0.2, 0.25) is 0 Å². The molecule has 0 bridgehead atoms. The molecule has 2 aliphatic rings. The van der Waals surface area contributed by atoms with Crippen molar-refractivity contribution in [1.82, 2.24) is 0 Å². The molecule has 5 nitrogen and oxygen atoms in total. The Hall–Kier alpha value is -1.59. The third kappa shape index (κ3) is 1.73. The average molecular weight is 278 g/mol. The zero-order valence-corrected chi connectivity index (χ0v) is 11.5. The van der Waals surface area contributed by atoms with Crippen LogP contribution in [0.15, 0.2) is 34.2 Å². The Kier molecular flexibility index (Phi) is 2.99. The Morgan fingerprint density at radius 3 is 2.80 bits per heavy atom. The first-order valence-electron chi connectivity index (χ1n) is 6.75. The molecule has 0 radical (unpaired) electrons. The highest BCUT2D eigenvalue weighted by Crippen LogP contribution is 2.54. The van der Waals surface area contributed by atoms with Crippen molar-refractivity contribution in [3.05, 3.63) is 35.3 Å². The second kappa shape index (κ2) is 4.46. The first kappa shape index (κ1) is 13.4. The summed E-state index contributed by atoms with van der Waals surface area (Å²) in [6, 6.07) is 1.76. The lowest BCUT2D eigenvalue weighted by molar-refractivity contribution is -0.174. The molecule has 1 fully saturated rings. The van der Waals surface area contributed by atoms with E-state index in [0.29, 0.717) is 24.0 Å². The molecule has 1 aromatic heterocycles. The van der Waals surface area contributed by atoms with E-state index in [9.17, 15) is 15.0 Å². The summed E-state index contributed by atoms with van der Waals surface area (Å²) in [6.07, 6.45) is 1.92. The molecule has 2 N–H and O–H groups in total. The summed E-state index contributed by atoms with van der Waals surface area (Å²) >= 11 is 0. The zero-order valence-electron chi connectivity index (χ0n) is 11.5. The maximum Gasteiger partial charge on any atom is 0.339 e. The largest absolute Gasteiger partial charge is 0.472 e. The van der Waals surface area contributed by atoms with Crippen molar-refractivity contribution in [3.63, 3.8) is 0 Å². The summed E-state index contributed by atoms with van der Waals surface area (Å²) in [4.78, 5) is 11.9. The molecule has 20 heavy (non-hydrogen) atoms. The lowest BCUT2D eigenvalue weighted by Gasteiger charge is -2.48. The van der Waals surface area contributed by atoms with Gasteiger partial charge in [-0.3, -0.25) is 0 Å². The van der Waals surface area contributed by atoms with Crippen LogP contribution in [0.5, 0.6) is 0 Å². The van der Waals surface area contributed by atoms with Crippen LogP contribution in [-0.2, 0) is 9.53 Å². The van der Waals surface area contributed by atoms with Gasteiger partial charge in [-0.1, -0.05) is 6.92 Å². The molecule has 1 saturated heterocycles. The monoisotopic (exact) mass is 278 g/mol. The van der Waals surface area contributed by atoms with E-state index in [4.69, 9.17) is 9.15 Å². The molecule has 0 unspecified atom stereocenters. The van der Waals surface area contributed by atoms with Crippen LogP contribution in [0.1, 0.15) is 38.4 Å². The molecular weight excluding hydrogens is 260 g/mol. The molecule has 1 aromatic rings. The number of rotatable bonds is 1. The van der Waals surface area contributed by atoms with Gasteiger partial charge in [0.15, 0.2) is 6.10 Å². The second-order valence-electron chi connectivity index (χ2n) is 5.84. The van der Waals surface area contributed by atoms with Gasteiger partial charge >= 0.3 is 5.97 Å². The van der Waals surface area contributed by atoms with Crippen LogP contribution in [0.3, 0.4) is 0 Å². The molecule has 0 spiro atoms. The Morgan fingerprint density at radius 1 is 1.40 bits per heavy atom. The van der Waals surface area contributed by atoms with Gasteiger partial charge in [0.1, 0.15) is 6.10 Å². The number of cyclic esters (lactones) is 1. The Balaban J connectivity index is 2.14. The Bertz CT molecular complexity index is 559. The number of hydrogen-bond donors (Lipinski definition) is 2. The maximum atomic E-state index is 11.9. The fourth-order valence-electron chi connectivity index (χ4n) is 3.51. The lowest BCUT2D eigenvalue weighted by Crippen LogP contribution is -2.49.